The Balaban J connectivity index is 2.80. The Labute approximate surface area is 89.6 Å². The zero-order chi connectivity index (χ0) is 11.3. The van der Waals surface area contributed by atoms with Gasteiger partial charge in [0, 0.05) is 0 Å². The molecule has 1 aromatic rings. The van der Waals surface area contributed by atoms with Crippen molar-refractivity contribution < 1.29 is 14.6 Å². The number of aliphatic hydroxyl groups is 1. The zero-order valence-corrected chi connectivity index (χ0v) is 9.06. The normalized spacial score (nSPS) is 10.4. The van der Waals surface area contributed by atoms with Crippen molar-refractivity contribution in [1.82, 2.24) is 0 Å². The molecule has 0 bridgehead atoms. The van der Waals surface area contributed by atoms with Crippen molar-refractivity contribution in [3.8, 4) is 11.5 Å². The number of hydrogen-bond donors (Lipinski definition) is 2. The molecule has 0 aliphatic heterocycles. The lowest BCUT2D eigenvalue weighted by atomic mass is 10.2. The molecule has 15 heavy (non-hydrogen) atoms. The zero-order valence-electron chi connectivity index (χ0n) is 9.06. The summed E-state index contributed by atoms with van der Waals surface area (Å²) in [7, 11) is 0. The van der Waals surface area contributed by atoms with E-state index in [1.54, 1.807) is 18.2 Å². The molecule has 1 aromatic carbocycles. The Hall–Kier alpha value is -1.42. The average Bonchev–Trinajstić information content (AvgIpc) is 2.19. The van der Waals surface area contributed by atoms with E-state index < -0.39 is 0 Å². The summed E-state index contributed by atoms with van der Waals surface area (Å²) in [6.07, 6.45) is 0.0698. The van der Waals surface area contributed by atoms with E-state index in [0.717, 1.165) is 0 Å². The van der Waals surface area contributed by atoms with E-state index in [1.165, 1.54) is 0 Å². The number of ether oxygens (including phenoxy) is 2. The predicted molar refractivity (Wildman–Crippen MR) is 59.2 cm³/mol. The molecule has 4 nitrogen and oxygen atoms in total. The predicted octanol–water partition coefficient (Wildman–Crippen LogP) is 1.43. The van der Waals surface area contributed by atoms with Crippen LogP contribution in [0.1, 0.15) is 13.8 Å². The Morgan fingerprint density at radius 3 is 2.60 bits per heavy atom. The Bertz CT molecular complexity index is 313. The van der Waals surface area contributed by atoms with Crippen LogP contribution in [0.2, 0.25) is 0 Å². The van der Waals surface area contributed by atoms with Crippen molar-refractivity contribution in [3.63, 3.8) is 0 Å². The van der Waals surface area contributed by atoms with Crippen molar-refractivity contribution in [2.45, 2.75) is 20.0 Å². The monoisotopic (exact) mass is 211 g/mol. The second kappa shape index (κ2) is 5.46. The largest absolute Gasteiger partial charge is 0.489 e. The van der Waals surface area contributed by atoms with Gasteiger partial charge in [0.15, 0.2) is 0 Å². The number of para-hydroxylation sites is 1. The molecule has 4 heteroatoms. The van der Waals surface area contributed by atoms with Gasteiger partial charge in [0.2, 0.25) is 0 Å². The topological polar surface area (TPSA) is 64.7 Å². The van der Waals surface area contributed by atoms with Gasteiger partial charge < -0.3 is 20.3 Å². The molecule has 0 unspecified atom stereocenters. The molecule has 0 heterocycles. The first-order valence-corrected chi connectivity index (χ1v) is 4.94. The highest BCUT2D eigenvalue weighted by atomic mass is 16.5. The minimum Gasteiger partial charge on any atom is -0.489 e. The van der Waals surface area contributed by atoms with Gasteiger partial charge in [-0.1, -0.05) is 6.07 Å². The maximum absolute atomic E-state index is 8.64. The Kier molecular flexibility index (Phi) is 4.24. The number of nitrogen functional groups attached to an aromatic ring is 1. The molecule has 0 saturated heterocycles. The van der Waals surface area contributed by atoms with Crippen LogP contribution in [0.3, 0.4) is 0 Å². The van der Waals surface area contributed by atoms with Crippen molar-refractivity contribution >= 4 is 5.69 Å². The van der Waals surface area contributed by atoms with E-state index in [0.29, 0.717) is 17.2 Å². The number of nitrogens with two attached hydrogens (primary N) is 1. The molecule has 0 saturated carbocycles. The molecule has 0 spiro atoms. The Morgan fingerprint density at radius 1 is 1.33 bits per heavy atom. The summed E-state index contributed by atoms with van der Waals surface area (Å²) in [5.74, 6) is 1.16. The SMILES string of the molecule is CC(C)Oc1cccc(OCCO)c1N. The maximum Gasteiger partial charge on any atom is 0.146 e. The van der Waals surface area contributed by atoms with Gasteiger partial charge in [-0.05, 0) is 26.0 Å². The van der Waals surface area contributed by atoms with E-state index in [-0.39, 0.29) is 19.3 Å². The van der Waals surface area contributed by atoms with Gasteiger partial charge in [-0.25, -0.2) is 0 Å². The van der Waals surface area contributed by atoms with Crippen molar-refractivity contribution in [3.05, 3.63) is 18.2 Å². The third-order valence-corrected chi connectivity index (χ3v) is 1.74. The molecule has 0 fully saturated rings. The second-order valence-corrected chi connectivity index (χ2v) is 3.41. The minimum absolute atomic E-state index is 0.0330. The number of aliphatic hydroxyl groups excluding tert-OH is 1. The molecule has 3 N–H and O–H groups in total. The van der Waals surface area contributed by atoms with Gasteiger partial charge in [-0.15, -0.1) is 0 Å². The first kappa shape index (κ1) is 11.7. The molecule has 0 aliphatic carbocycles. The summed E-state index contributed by atoms with van der Waals surface area (Å²) in [4.78, 5) is 0. The van der Waals surface area contributed by atoms with Crippen LogP contribution in [0.25, 0.3) is 0 Å². The van der Waals surface area contributed by atoms with E-state index in [9.17, 15) is 0 Å². The van der Waals surface area contributed by atoms with Crippen molar-refractivity contribution in [2.24, 2.45) is 0 Å². The third-order valence-electron chi connectivity index (χ3n) is 1.74. The lowest BCUT2D eigenvalue weighted by Gasteiger charge is -2.14. The molecule has 84 valence electrons. The summed E-state index contributed by atoms with van der Waals surface area (Å²) in [5.41, 5.74) is 6.31. The highest BCUT2D eigenvalue weighted by Crippen LogP contribution is 2.31. The summed E-state index contributed by atoms with van der Waals surface area (Å²) in [5, 5.41) is 8.64. The molecular formula is C11H17NO3. The van der Waals surface area contributed by atoms with E-state index in [4.69, 9.17) is 20.3 Å². The lowest BCUT2D eigenvalue weighted by molar-refractivity contribution is 0.200. The number of rotatable bonds is 5. The van der Waals surface area contributed by atoms with Crippen molar-refractivity contribution in [1.29, 1.82) is 0 Å². The molecular weight excluding hydrogens is 194 g/mol. The molecule has 0 radical (unpaired) electrons. The fourth-order valence-corrected chi connectivity index (χ4v) is 1.16. The van der Waals surface area contributed by atoms with Crippen LogP contribution in [0.5, 0.6) is 11.5 Å². The van der Waals surface area contributed by atoms with Gasteiger partial charge in [0.25, 0.3) is 0 Å². The summed E-state index contributed by atoms with van der Waals surface area (Å²) < 4.78 is 10.8. The highest BCUT2D eigenvalue weighted by Gasteiger charge is 2.07. The van der Waals surface area contributed by atoms with Gasteiger partial charge in [-0.3, -0.25) is 0 Å². The summed E-state index contributed by atoms with van der Waals surface area (Å²) in [6.45, 7) is 4.06. The third kappa shape index (κ3) is 3.32. The number of hydrogen-bond acceptors (Lipinski definition) is 4. The second-order valence-electron chi connectivity index (χ2n) is 3.41. The molecule has 0 amide bonds. The summed E-state index contributed by atoms with van der Waals surface area (Å²) in [6, 6.07) is 5.35. The van der Waals surface area contributed by atoms with E-state index in [2.05, 4.69) is 0 Å². The number of benzene rings is 1. The molecule has 0 aliphatic rings. The summed E-state index contributed by atoms with van der Waals surface area (Å²) >= 11 is 0. The smallest absolute Gasteiger partial charge is 0.146 e. The van der Waals surface area contributed by atoms with E-state index in [1.807, 2.05) is 13.8 Å². The van der Waals surface area contributed by atoms with Crippen LogP contribution < -0.4 is 15.2 Å². The molecule has 0 atom stereocenters. The Morgan fingerprint density at radius 2 is 2.00 bits per heavy atom. The van der Waals surface area contributed by atoms with Gasteiger partial charge >= 0.3 is 0 Å². The lowest BCUT2D eigenvalue weighted by Crippen LogP contribution is -2.09. The fourth-order valence-electron chi connectivity index (χ4n) is 1.16. The van der Waals surface area contributed by atoms with Crippen LogP contribution in [-0.2, 0) is 0 Å². The van der Waals surface area contributed by atoms with Gasteiger partial charge in [0.05, 0.1) is 12.7 Å². The highest BCUT2D eigenvalue weighted by molar-refractivity contribution is 5.62. The first-order chi connectivity index (χ1) is 7.15. The fraction of sp³-hybridized carbons (Fsp3) is 0.455. The van der Waals surface area contributed by atoms with Crippen LogP contribution >= 0.6 is 0 Å². The molecule has 0 aromatic heterocycles. The van der Waals surface area contributed by atoms with E-state index >= 15 is 0 Å². The average molecular weight is 211 g/mol. The van der Waals surface area contributed by atoms with Crippen molar-refractivity contribution in [2.75, 3.05) is 18.9 Å². The van der Waals surface area contributed by atoms with Gasteiger partial charge in [-0.2, -0.15) is 0 Å². The minimum atomic E-state index is -0.0330. The van der Waals surface area contributed by atoms with Gasteiger partial charge in [0.1, 0.15) is 23.8 Å². The number of anilines is 1. The maximum atomic E-state index is 8.64. The van der Waals surface area contributed by atoms with Crippen LogP contribution in [0.15, 0.2) is 18.2 Å². The molecule has 1 rings (SSSR count). The van der Waals surface area contributed by atoms with Crippen LogP contribution in [0.4, 0.5) is 5.69 Å². The quantitative estimate of drug-likeness (QED) is 0.723. The standard InChI is InChI=1S/C11H17NO3/c1-8(2)15-10-5-3-4-9(11(10)12)14-7-6-13/h3-5,8,13H,6-7,12H2,1-2H3. The first-order valence-electron chi connectivity index (χ1n) is 4.94. The van der Waals surface area contributed by atoms with Crippen LogP contribution in [-0.4, -0.2) is 24.4 Å². The van der Waals surface area contributed by atoms with Crippen LogP contribution in [0, 0.1) is 0 Å².